The van der Waals surface area contributed by atoms with Crippen LogP contribution >= 0.6 is 0 Å². The molecule has 0 amide bonds. The zero-order valence-electron chi connectivity index (χ0n) is 8.91. The van der Waals surface area contributed by atoms with Gasteiger partial charge >= 0.3 is 0 Å². The van der Waals surface area contributed by atoms with Gasteiger partial charge in [-0.3, -0.25) is 0 Å². The Bertz CT molecular complexity index is 288. The van der Waals surface area contributed by atoms with Crippen LogP contribution in [0.15, 0.2) is 30.6 Å². The van der Waals surface area contributed by atoms with Crippen LogP contribution < -0.4 is 4.57 Å². The summed E-state index contributed by atoms with van der Waals surface area (Å²) in [6, 6.07) is 4.23. The van der Waals surface area contributed by atoms with Crippen molar-refractivity contribution < 1.29 is 4.57 Å². The summed E-state index contributed by atoms with van der Waals surface area (Å²) in [6.45, 7) is 6.60. The second kappa shape index (κ2) is 3.73. The average molecular weight is 176 g/mol. The first kappa shape index (κ1) is 9.97. The summed E-state index contributed by atoms with van der Waals surface area (Å²) < 4.78 is 2.04. The van der Waals surface area contributed by atoms with Gasteiger partial charge in [0.15, 0.2) is 12.4 Å². The number of nitrogens with zero attached hydrogens (tertiary/aromatic N) is 1. The van der Waals surface area contributed by atoms with E-state index in [9.17, 15) is 0 Å². The van der Waals surface area contributed by atoms with Crippen LogP contribution in [0, 0.1) is 5.41 Å². The third-order valence-electron chi connectivity index (χ3n) is 1.78. The van der Waals surface area contributed by atoms with Gasteiger partial charge in [0, 0.05) is 12.1 Å². The number of hydrogen-bond acceptors (Lipinski definition) is 0. The SMILES string of the molecule is C[n+]1ccc(/C=C/C(C)(C)C)cc1. The van der Waals surface area contributed by atoms with Crippen LogP contribution in [0.25, 0.3) is 6.08 Å². The molecular weight excluding hydrogens is 158 g/mol. The fourth-order valence-corrected chi connectivity index (χ4v) is 0.970. The van der Waals surface area contributed by atoms with E-state index in [1.807, 2.05) is 11.6 Å². The number of aromatic nitrogens is 1. The topological polar surface area (TPSA) is 3.88 Å². The molecule has 70 valence electrons. The first-order valence-electron chi connectivity index (χ1n) is 4.62. The second-order valence-corrected chi connectivity index (χ2v) is 4.50. The number of rotatable bonds is 1. The molecule has 0 radical (unpaired) electrons. The van der Waals surface area contributed by atoms with E-state index in [1.54, 1.807) is 0 Å². The Hall–Kier alpha value is -1.11. The Morgan fingerprint density at radius 3 is 2.15 bits per heavy atom. The molecule has 0 saturated carbocycles. The summed E-state index contributed by atoms with van der Waals surface area (Å²) in [4.78, 5) is 0. The third kappa shape index (κ3) is 3.88. The highest BCUT2D eigenvalue weighted by atomic mass is 14.9. The molecule has 13 heavy (non-hydrogen) atoms. The lowest BCUT2D eigenvalue weighted by atomic mass is 9.95. The highest BCUT2D eigenvalue weighted by molar-refractivity contribution is 5.48. The molecule has 1 nitrogen and oxygen atoms in total. The first-order valence-corrected chi connectivity index (χ1v) is 4.62. The lowest BCUT2D eigenvalue weighted by Crippen LogP contribution is -2.25. The van der Waals surface area contributed by atoms with E-state index >= 15 is 0 Å². The zero-order chi connectivity index (χ0) is 9.90. The molecule has 1 aromatic rings. The van der Waals surface area contributed by atoms with E-state index in [4.69, 9.17) is 0 Å². The van der Waals surface area contributed by atoms with Crippen molar-refractivity contribution >= 4 is 6.08 Å². The van der Waals surface area contributed by atoms with Gasteiger partial charge in [0.25, 0.3) is 0 Å². The van der Waals surface area contributed by atoms with Gasteiger partial charge < -0.3 is 0 Å². The van der Waals surface area contributed by atoms with Crippen LogP contribution in [0.5, 0.6) is 0 Å². The van der Waals surface area contributed by atoms with E-state index in [0.717, 1.165) is 0 Å². The number of aryl methyl sites for hydroxylation is 1. The van der Waals surface area contributed by atoms with Crippen molar-refractivity contribution in [3.05, 3.63) is 36.2 Å². The molecule has 0 aliphatic heterocycles. The van der Waals surface area contributed by atoms with Gasteiger partial charge in [-0.2, -0.15) is 0 Å². The molecule has 1 rings (SSSR count). The Morgan fingerprint density at radius 2 is 1.69 bits per heavy atom. The molecule has 0 aliphatic carbocycles. The largest absolute Gasteiger partial charge is 0.208 e. The Kier molecular flexibility index (Phi) is 2.86. The lowest BCUT2D eigenvalue weighted by molar-refractivity contribution is -0.671. The molecule has 1 heteroatoms. The molecular formula is C12H18N+. The maximum absolute atomic E-state index is 2.22. The Labute approximate surface area is 80.7 Å². The highest BCUT2D eigenvalue weighted by Gasteiger charge is 2.03. The summed E-state index contributed by atoms with van der Waals surface area (Å²) in [7, 11) is 2.03. The minimum atomic E-state index is 0.262. The normalized spacial score (nSPS) is 12.3. The lowest BCUT2D eigenvalue weighted by Gasteiger charge is -2.10. The van der Waals surface area contributed by atoms with Crippen LogP contribution in [-0.4, -0.2) is 0 Å². The molecule has 0 spiro atoms. The van der Waals surface area contributed by atoms with E-state index in [-0.39, 0.29) is 5.41 Å². The third-order valence-corrected chi connectivity index (χ3v) is 1.78. The summed E-state index contributed by atoms with van der Waals surface area (Å²) >= 11 is 0. The maximum atomic E-state index is 2.22. The van der Waals surface area contributed by atoms with Crippen LogP contribution in [0.4, 0.5) is 0 Å². The van der Waals surface area contributed by atoms with Crippen molar-refractivity contribution in [2.75, 3.05) is 0 Å². The average Bonchev–Trinajstić information content (AvgIpc) is 2.02. The first-order chi connectivity index (χ1) is 5.97. The zero-order valence-corrected chi connectivity index (χ0v) is 8.91. The van der Waals surface area contributed by atoms with Crippen molar-refractivity contribution in [3.8, 4) is 0 Å². The van der Waals surface area contributed by atoms with Crippen molar-refractivity contribution in [1.82, 2.24) is 0 Å². The van der Waals surface area contributed by atoms with Crippen molar-refractivity contribution in [1.29, 1.82) is 0 Å². The van der Waals surface area contributed by atoms with Gasteiger partial charge in [0.2, 0.25) is 0 Å². The quantitative estimate of drug-likeness (QED) is 0.579. The highest BCUT2D eigenvalue weighted by Crippen LogP contribution is 2.16. The van der Waals surface area contributed by atoms with Crippen molar-refractivity contribution in [2.45, 2.75) is 20.8 Å². The van der Waals surface area contributed by atoms with Crippen LogP contribution in [0.2, 0.25) is 0 Å². The molecule has 1 aromatic heterocycles. The van der Waals surface area contributed by atoms with Crippen LogP contribution in [0.3, 0.4) is 0 Å². The van der Waals surface area contributed by atoms with Gasteiger partial charge in [-0.05, 0) is 11.0 Å². The molecule has 0 aromatic carbocycles. The van der Waals surface area contributed by atoms with E-state index in [0.29, 0.717) is 0 Å². The monoisotopic (exact) mass is 176 g/mol. The summed E-state index contributed by atoms with van der Waals surface area (Å²) in [5.41, 5.74) is 1.52. The number of hydrogen-bond donors (Lipinski definition) is 0. The fraction of sp³-hybridized carbons (Fsp3) is 0.417. The van der Waals surface area contributed by atoms with E-state index < -0.39 is 0 Å². The molecule has 0 N–H and O–H groups in total. The van der Waals surface area contributed by atoms with Gasteiger partial charge in [-0.1, -0.05) is 32.9 Å². The molecule has 0 saturated heterocycles. The minimum absolute atomic E-state index is 0.262. The minimum Gasteiger partial charge on any atom is -0.208 e. The maximum Gasteiger partial charge on any atom is 0.169 e. The van der Waals surface area contributed by atoms with E-state index in [1.165, 1.54) is 5.56 Å². The van der Waals surface area contributed by atoms with Gasteiger partial charge in [-0.25, -0.2) is 4.57 Å². The molecule has 0 unspecified atom stereocenters. The summed E-state index contributed by atoms with van der Waals surface area (Å²) in [5, 5.41) is 0. The van der Waals surface area contributed by atoms with Gasteiger partial charge in [0.1, 0.15) is 7.05 Å². The summed E-state index contributed by atoms with van der Waals surface area (Å²) in [5.74, 6) is 0. The Morgan fingerprint density at radius 1 is 1.15 bits per heavy atom. The second-order valence-electron chi connectivity index (χ2n) is 4.50. The molecule has 0 fully saturated rings. The summed E-state index contributed by atoms with van der Waals surface area (Å²) in [6.07, 6.45) is 8.51. The van der Waals surface area contributed by atoms with Gasteiger partial charge in [-0.15, -0.1) is 0 Å². The number of pyridine rings is 1. The number of allylic oxidation sites excluding steroid dienone is 1. The predicted molar refractivity (Wildman–Crippen MR) is 56.1 cm³/mol. The van der Waals surface area contributed by atoms with Crippen molar-refractivity contribution in [2.24, 2.45) is 12.5 Å². The van der Waals surface area contributed by atoms with Crippen molar-refractivity contribution in [3.63, 3.8) is 0 Å². The Balaban J connectivity index is 2.75. The predicted octanol–water partition coefficient (Wildman–Crippen LogP) is 2.57. The standard InChI is InChI=1S/C12H18N/c1-12(2,3)8-5-11-6-9-13(4)10-7-11/h5-10H,1-4H3/q+1/b8-5+. The van der Waals surface area contributed by atoms with Gasteiger partial charge in [0.05, 0.1) is 0 Å². The van der Waals surface area contributed by atoms with Crippen LogP contribution in [-0.2, 0) is 7.05 Å². The fourth-order valence-electron chi connectivity index (χ4n) is 0.970. The van der Waals surface area contributed by atoms with E-state index in [2.05, 4.69) is 57.4 Å². The van der Waals surface area contributed by atoms with Crippen LogP contribution in [0.1, 0.15) is 26.3 Å². The molecule has 0 bridgehead atoms. The molecule has 0 atom stereocenters. The molecule has 1 heterocycles. The molecule has 0 aliphatic rings. The smallest absolute Gasteiger partial charge is 0.169 e.